The smallest absolute Gasteiger partial charge is 0.206 e. The fourth-order valence-electron chi connectivity index (χ4n) is 2.01. The summed E-state index contributed by atoms with van der Waals surface area (Å²) in [7, 11) is -3.52. The summed E-state index contributed by atoms with van der Waals surface area (Å²) in [6.45, 7) is 7.65. The highest BCUT2D eigenvalue weighted by Gasteiger charge is 2.21. The minimum absolute atomic E-state index is 0.149. The van der Waals surface area contributed by atoms with E-state index in [9.17, 15) is 8.42 Å². The lowest BCUT2D eigenvalue weighted by Crippen LogP contribution is -2.04. The van der Waals surface area contributed by atoms with Crippen LogP contribution in [0.15, 0.2) is 60.0 Å². The number of rotatable bonds is 3. The van der Waals surface area contributed by atoms with Gasteiger partial charge in [0.05, 0.1) is 9.80 Å². The average molecular weight is 272 g/mol. The van der Waals surface area contributed by atoms with Crippen molar-refractivity contribution in [3.05, 3.63) is 71.8 Å². The summed E-state index contributed by atoms with van der Waals surface area (Å²) >= 11 is 0. The molecule has 2 nitrogen and oxygen atoms in total. The van der Waals surface area contributed by atoms with Gasteiger partial charge in [-0.15, -0.1) is 0 Å². The fourth-order valence-corrected chi connectivity index (χ4v) is 3.33. The van der Waals surface area contributed by atoms with Crippen LogP contribution in [-0.2, 0) is 9.84 Å². The molecule has 0 aliphatic heterocycles. The Morgan fingerprint density at radius 1 is 1.00 bits per heavy atom. The van der Waals surface area contributed by atoms with E-state index in [1.807, 2.05) is 32.0 Å². The molecule has 2 aromatic rings. The summed E-state index contributed by atoms with van der Waals surface area (Å²) in [6, 6.07) is 14.1. The zero-order valence-electron chi connectivity index (χ0n) is 11.1. The Kier molecular flexibility index (Phi) is 3.58. The molecule has 0 spiro atoms. The number of aryl methyl sites for hydroxylation is 2. The van der Waals surface area contributed by atoms with Gasteiger partial charge in [-0.25, -0.2) is 8.42 Å². The van der Waals surface area contributed by atoms with Gasteiger partial charge in [-0.2, -0.15) is 0 Å². The monoisotopic (exact) mass is 272 g/mol. The topological polar surface area (TPSA) is 34.1 Å². The highest BCUT2D eigenvalue weighted by molar-refractivity contribution is 8.00. The predicted molar refractivity (Wildman–Crippen MR) is 78.6 cm³/mol. The summed E-state index contributed by atoms with van der Waals surface area (Å²) in [5, 5.41) is 0. The summed E-state index contributed by atoms with van der Waals surface area (Å²) < 4.78 is 24.9. The molecule has 0 heterocycles. The molecule has 2 rings (SSSR count). The minimum Gasteiger partial charge on any atom is -0.219 e. The first-order valence-corrected chi connectivity index (χ1v) is 7.48. The fraction of sp³-hybridized carbons (Fsp3) is 0.125. The highest BCUT2D eigenvalue weighted by Crippen LogP contribution is 2.28. The lowest BCUT2D eigenvalue weighted by molar-refractivity contribution is 0.606. The van der Waals surface area contributed by atoms with Crippen molar-refractivity contribution in [2.75, 3.05) is 0 Å². The van der Waals surface area contributed by atoms with E-state index >= 15 is 0 Å². The number of hydrogen-bond acceptors (Lipinski definition) is 2. The Morgan fingerprint density at radius 3 is 2.21 bits per heavy atom. The molecule has 0 aromatic heterocycles. The Balaban J connectivity index is 2.50. The zero-order chi connectivity index (χ0) is 14.0. The Labute approximate surface area is 114 Å². The third kappa shape index (κ3) is 2.61. The van der Waals surface area contributed by atoms with Crippen molar-refractivity contribution in [3.8, 4) is 0 Å². The predicted octanol–water partition coefficient (Wildman–Crippen LogP) is 3.75. The van der Waals surface area contributed by atoms with Gasteiger partial charge >= 0.3 is 0 Å². The maximum absolute atomic E-state index is 12.5. The van der Waals surface area contributed by atoms with Crippen LogP contribution >= 0.6 is 0 Å². The molecule has 0 fully saturated rings. The number of hydrogen-bond donors (Lipinski definition) is 0. The van der Waals surface area contributed by atoms with Crippen molar-refractivity contribution in [2.45, 2.75) is 18.7 Å². The molecule has 0 amide bonds. The van der Waals surface area contributed by atoms with Crippen molar-refractivity contribution in [2.24, 2.45) is 0 Å². The largest absolute Gasteiger partial charge is 0.219 e. The molecule has 0 saturated heterocycles. The van der Waals surface area contributed by atoms with Crippen molar-refractivity contribution in [1.29, 1.82) is 0 Å². The standard InChI is InChI=1S/C16H16O2S/c1-12-9-10-16(13(2)11-12)14(3)19(17,18)15-7-5-4-6-8-15/h4-11H,3H2,1-2H3. The first kappa shape index (κ1) is 13.6. The van der Waals surface area contributed by atoms with E-state index in [-0.39, 0.29) is 9.80 Å². The summed E-state index contributed by atoms with van der Waals surface area (Å²) in [5.74, 6) is 0. The molecule has 0 unspecified atom stereocenters. The van der Waals surface area contributed by atoms with Crippen LogP contribution < -0.4 is 0 Å². The van der Waals surface area contributed by atoms with Gasteiger partial charge in [0.1, 0.15) is 0 Å². The quantitative estimate of drug-likeness (QED) is 0.852. The normalized spacial score (nSPS) is 11.3. The summed E-state index contributed by atoms with van der Waals surface area (Å²) in [6.07, 6.45) is 0. The van der Waals surface area contributed by atoms with Gasteiger partial charge in [-0.3, -0.25) is 0 Å². The second-order valence-electron chi connectivity index (χ2n) is 4.56. The molecular formula is C16H16O2S. The van der Waals surface area contributed by atoms with E-state index in [1.165, 1.54) is 0 Å². The molecule has 0 bridgehead atoms. The maximum Gasteiger partial charge on any atom is 0.206 e. The summed E-state index contributed by atoms with van der Waals surface area (Å²) in [5.41, 5.74) is 2.70. The molecule has 0 radical (unpaired) electrons. The maximum atomic E-state index is 12.5. The second-order valence-corrected chi connectivity index (χ2v) is 6.53. The van der Waals surface area contributed by atoms with Crippen LogP contribution in [0.5, 0.6) is 0 Å². The SMILES string of the molecule is C=C(c1ccc(C)cc1C)S(=O)(=O)c1ccccc1. The highest BCUT2D eigenvalue weighted by atomic mass is 32.2. The van der Waals surface area contributed by atoms with E-state index in [0.29, 0.717) is 5.56 Å². The van der Waals surface area contributed by atoms with Gasteiger partial charge in [0.2, 0.25) is 9.84 Å². The van der Waals surface area contributed by atoms with Gasteiger partial charge in [-0.05, 0) is 37.1 Å². The van der Waals surface area contributed by atoms with Crippen molar-refractivity contribution in [3.63, 3.8) is 0 Å². The molecule has 2 aromatic carbocycles. The zero-order valence-corrected chi connectivity index (χ0v) is 11.9. The molecule has 0 aliphatic carbocycles. The molecule has 0 aliphatic rings. The Morgan fingerprint density at radius 2 is 1.63 bits per heavy atom. The van der Waals surface area contributed by atoms with E-state index in [2.05, 4.69) is 6.58 Å². The second kappa shape index (κ2) is 5.02. The Hall–Kier alpha value is -1.87. The molecule has 0 N–H and O–H groups in total. The number of sulfone groups is 1. The van der Waals surface area contributed by atoms with Crippen molar-refractivity contribution >= 4 is 14.7 Å². The van der Waals surface area contributed by atoms with Crippen LogP contribution in [-0.4, -0.2) is 8.42 Å². The van der Waals surface area contributed by atoms with Crippen LogP contribution in [0.1, 0.15) is 16.7 Å². The molecule has 98 valence electrons. The van der Waals surface area contributed by atoms with E-state index in [4.69, 9.17) is 0 Å². The molecule has 3 heteroatoms. The van der Waals surface area contributed by atoms with E-state index in [1.54, 1.807) is 30.3 Å². The van der Waals surface area contributed by atoms with Crippen LogP contribution in [0, 0.1) is 13.8 Å². The molecule has 0 atom stereocenters. The third-order valence-electron chi connectivity index (χ3n) is 3.06. The van der Waals surface area contributed by atoms with Crippen molar-refractivity contribution < 1.29 is 8.42 Å². The average Bonchev–Trinajstić information content (AvgIpc) is 2.39. The van der Waals surface area contributed by atoms with E-state index in [0.717, 1.165) is 11.1 Å². The lowest BCUT2D eigenvalue weighted by Gasteiger charge is -2.11. The summed E-state index contributed by atoms with van der Waals surface area (Å²) in [4.78, 5) is 0.427. The molecule has 0 saturated carbocycles. The first-order chi connectivity index (χ1) is 8.93. The van der Waals surface area contributed by atoms with Gasteiger partial charge in [-0.1, -0.05) is 48.5 Å². The first-order valence-electron chi connectivity index (χ1n) is 5.99. The molecule has 19 heavy (non-hydrogen) atoms. The van der Waals surface area contributed by atoms with E-state index < -0.39 is 9.84 Å². The van der Waals surface area contributed by atoms with Gasteiger partial charge in [0, 0.05) is 0 Å². The van der Waals surface area contributed by atoms with Gasteiger partial charge in [0.25, 0.3) is 0 Å². The van der Waals surface area contributed by atoms with Gasteiger partial charge in [0.15, 0.2) is 0 Å². The Bertz CT molecular complexity index is 714. The van der Waals surface area contributed by atoms with Gasteiger partial charge < -0.3 is 0 Å². The van der Waals surface area contributed by atoms with Crippen LogP contribution in [0.4, 0.5) is 0 Å². The van der Waals surface area contributed by atoms with Crippen LogP contribution in [0.25, 0.3) is 4.91 Å². The van der Waals surface area contributed by atoms with Crippen LogP contribution in [0.2, 0.25) is 0 Å². The third-order valence-corrected chi connectivity index (χ3v) is 4.82. The van der Waals surface area contributed by atoms with Crippen molar-refractivity contribution in [1.82, 2.24) is 0 Å². The minimum atomic E-state index is -3.52. The van der Waals surface area contributed by atoms with Crippen LogP contribution in [0.3, 0.4) is 0 Å². The number of benzene rings is 2. The lowest BCUT2D eigenvalue weighted by atomic mass is 10.1. The molecular weight excluding hydrogens is 256 g/mol.